The van der Waals surface area contributed by atoms with Crippen molar-refractivity contribution in [1.82, 2.24) is 5.32 Å². The Morgan fingerprint density at radius 2 is 2.29 bits per heavy atom. The van der Waals surface area contributed by atoms with E-state index in [2.05, 4.69) is 16.7 Å². The van der Waals surface area contributed by atoms with Gasteiger partial charge in [0, 0.05) is 5.69 Å². The molecule has 1 fully saturated rings. The molecule has 17 heavy (non-hydrogen) atoms. The molecule has 1 atom stereocenters. The van der Waals surface area contributed by atoms with Gasteiger partial charge in [0.1, 0.15) is 0 Å². The molecule has 0 radical (unpaired) electrons. The van der Waals surface area contributed by atoms with E-state index in [1.165, 1.54) is 18.4 Å². The van der Waals surface area contributed by atoms with Crippen LogP contribution in [0.1, 0.15) is 18.4 Å². The Morgan fingerprint density at radius 1 is 1.47 bits per heavy atom. The van der Waals surface area contributed by atoms with Gasteiger partial charge in [-0.3, -0.25) is 0 Å². The first-order chi connectivity index (χ1) is 8.25. The molecule has 1 aromatic carbocycles. The molecular formula is C13H19N3O. The van der Waals surface area contributed by atoms with E-state index in [1.54, 1.807) is 0 Å². The maximum Gasteiger partial charge on any atom is 0.316 e. The topological polar surface area (TPSA) is 67.2 Å². The molecule has 4 heteroatoms. The summed E-state index contributed by atoms with van der Waals surface area (Å²) in [5.74, 6) is 0.652. The first-order valence-corrected chi connectivity index (χ1v) is 6.11. The summed E-state index contributed by atoms with van der Waals surface area (Å²) >= 11 is 0. The fourth-order valence-electron chi connectivity index (χ4n) is 2.36. The predicted molar refractivity (Wildman–Crippen MR) is 68.9 cm³/mol. The predicted octanol–water partition coefficient (Wildman–Crippen LogP) is 1.72. The number of carbonyl (C=O) groups is 1. The minimum absolute atomic E-state index is 0.501. The van der Waals surface area contributed by atoms with E-state index >= 15 is 0 Å². The van der Waals surface area contributed by atoms with Gasteiger partial charge in [0.15, 0.2) is 0 Å². The zero-order valence-electron chi connectivity index (χ0n) is 9.91. The average Bonchev–Trinajstić information content (AvgIpc) is 2.32. The van der Waals surface area contributed by atoms with Gasteiger partial charge < -0.3 is 16.4 Å². The summed E-state index contributed by atoms with van der Waals surface area (Å²) in [5.41, 5.74) is 7.17. The lowest BCUT2D eigenvalue weighted by molar-refractivity contribution is 0.259. The van der Waals surface area contributed by atoms with Gasteiger partial charge in [-0.2, -0.15) is 0 Å². The zero-order chi connectivity index (χ0) is 12.1. The number of nitrogens with one attached hydrogen (secondary N) is 2. The second kappa shape index (κ2) is 5.68. The molecule has 1 saturated heterocycles. The van der Waals surface area contributed by atoms with Crippen LogP contribution in [0.15, 0.2) is 24.3 Å². The van der Waals surface area contributed by atoms with Crippen molar-refractivity contribution in [3.05, 3.63) is 29.8 Å². The van der Waals surface area contributed by atoms with Gasteiger partial charge in [-0.15, -0.1) is 0 Å². The molecule has 92 valence electrons. The quantitative estimate of drug-likeness (QED) is 0.744. The Morgan fingerprint density at radius 3 is 3.00 bits per heavy atom. The number of carbonyl (C=O) groups excluding carboxylic acids is 1. The van der Waals surface area contributed by atoms with Crippen LogP contribution >= 0.6 is 0 Å². The van der Waals surface area contributed by atoms with Crippen molar-refractivity contribution in [2.24, 2.45) is 11.7 Å². The van der Waals surface area contributed by atoms with Crippen LogP contribution in [0.2, 0.25) is 0 Å². The molecule has 0 saturated carbocycles. The number of hydrogen-bond donors (Lipinski definition) is 3. The summed E-state index contributed by atoms with van der Waals surface area (Å²) in [6, 6.07) is 7.36. The molecule has 1 aromatic rings. The number of benzene rings is 1. The largest absolute Gasteiger partial charge is 0.351 e. The highest BCUT2D eigenvalue weighted by Gasteiger charge is 2.15. The SMILES string of the molecule is NC(=O)Nc1ccccc1CC1CCCNC1. The lowest BCUT2D eigenvalue weighted by atomic mass is 9.91. The monoisotopic (exact) mass is 233 g/mol. The smallest absolute Gasteiger partial charge is 0.316 e. The third kappa shape index (κ3) is 3.46. The lowest BCUT2D eigenvalue weighted by Crippen LogP contribution is -2.31. The van der Waals surface area contributed by atoms with E-state index in [1.807, 2.05) is 18.2 Å². The van der Waals surface area contributed by atoms with Gasteiger partial charge in [-0.25, -0.2) is 4.79 Å². The van der Waals surface area contributed by atoms with Crippen molar-refractivity contribution in [2.45, 2.75) is 19.3 Å². The molecule has 1 unspecified atom stereocenters. The van der Waals surface area contributed by atoms with E-state index in [0.717, 1.165) is 25.2 Å². The van der Waals surface area contributed by atoms with E-state index in [4.69, 9.17) is 5.73 Å². The Labute approximate surface area is 102 Å². The standard InChI is InChI=1S/C13H19N3O/c14-13(17)16-12-6-2-1-5-11(12)8-10-4-3-7-15-9-10/h1-2,5-6,10,15H,3-4,7-9H2,(H3,14,16,17). The summed E-state index contributed by atoms with van der Waals surface area (Å²) in [5, 5.41) is 6.08. The Balaban J connectivity index is 2.05. The fraction of sp³-hybridized carbons (Fsp3) is 0.462. The van der Waals surface area contributed by atoms with Gasteiger partial charge in [0.25, 0.3) is 0 Å². The van der Waals surface area contributed by atoms with E-state index in [0.29, 0.717) is 5.92 Å². The van der Waals surface area contributed by atoms with Crippen LogP contribution in [-0.2, 0) is 6.42 Å². The summed E-state index contributed by atoms with van der Waals surface area (Å²) in [4.78, 5) is 10.9. The molecule has 0 spiro atoms. The van der Waals surface area contributed by atoms with Crippen LogP contribution in [0.4, 0.5) is 10.5 Å². The van der Waals surface area contributed by atoms with Crippen LogP contribution in [0.3, 0.4) is 0 Å². The minimum atomic E-state index is -0.501. The van der Waals surface area contributed by atoms with Crippen molar-refractivity contribution in [1.29, 1.82) is 0 Å². The van der Waals surface area contributed by atoms with Crippen molar-refractivity contribution < 1.29 is 4.79 Å². The molecular weight excluding hydrogens is 214 g/mol. The molecule has 0 aliphatic carbocycles. The van der Waals surface area contributed by atoms with Crippen molar-refractivity contribution >= 4 is 11.7 Å². The number of hydrogen-bond acceptors (Lipinski definition) is 2. The van der Waals surface area contributed by atoms with E-state index in [-0.39, 0.29) is 0 Å². The Bertz CT molecular complexity index is 386. The van der Waals surface area contributed by atoms with E-state index < -0.39 is 6.03 Å². The molecule has 2 rings (SSSR count). The first-order valence-electron chi connectivity index (χ1n) is 6.11. The molecule has 0 bridgehead atoms. The molecule has 4 nitrogen and oxygen atoms in total. The van der Waals surface area contributed by atoms with Gasteiger partial charge >= 0.3 is 6.03 Å². The number of para-hydroxylation sites is 1. The summed E-state index contributed by atoms with van der Waals surface area (Å²) in [6.45, 7) is 2.18. The van der Waals surface area contributed by atoms with Crippen LogP contribution in [0.25, 0.3) is 0 Å². The number of anilines is 1. The molecule has 2 amide bonds. The van der Waals surface area contributed by atoms with Crippen LogP contribution in [-0.4, -0.2) is 19.1 Å². The molecule has 1 aliphatic heterocycles. The fourth-order valence-corrected chi connectivity index (χ4v) is 2.36. The first kappa shape index (κ1) is 11.9. The number of rotatable bonds is 3. The highest BCUT2D eigenvalue weighted by molar-refractivity contribution is 5.88. The third-order valence-electron chi connectivity index (χ3n) is 3.18. The number of piperidine rings is 1. The van der Waals surface area contributed by atoms with Crippen LogP contribution < -0.4 is 16.4 Å². The normalized spacial score (nSPS) is 19.9. The number of urea groups is 1. The van der Waals surface area contributed by atoms with E-state index in [9.17, 15) is 4.79 Å². The van der Waals surface area contributed by atoms with Crippen LogP contribution in [0, 0.1) is 5.92 Å². The maximum absolute atomic E-state index is 10.9. The Hall–Kier alpha value is -1.55. The van der Waals surface area contributed by atoms with Crippen LogP contribution in [0.5, 0.6) is 0 Å². The highest BCUT2D eigenvalue weighted by atomic mass is 16.2. The summed E-state index contributed by atoms with van der Waals surface area (Å²) < 4.78 is 0. The van der Waals surface area contributed by atoms with Crippen molar-refractivity contribution in [3.8, 4) is 0 Å². The molecule has 1 heterocycles. The number of nitrogens with two attached hydrogens (primary N) is 1. The summed E-state index contributed by atoms with van der Waals surface area (Å²) in [6.07, 6.45) is 3.47. The number of amides is 2. The second-order valence-electron chi connectivity index (χ2n) is 4.56. The average molecular weight is 233 g/mol. The van der Waals surface area contributed by atoms with Crippen molar-refractivity contribution in [2.75, 3.05) is 18.4 Å². The molecule has 1 aliphatic rings. The minimum Gasteiger partial charge on any atom is -0.351 e. The highest BCUT2D eigenvalue weighted by Crippen LogP contribution is 2.22. The second-order valence-corrected chi connectivity index (χ2v) is 4.56. The summed E-state index contributed by atoms with van der Waals surface area (Å²) in [7, 11) is 0. The van der Waals surface area contributed by atoms with Gasteiger partial charge in [0.05, 0.1) is 0 Å². The number of primary amides is 1. The van der Waals surface area contributed by atoms with Gasteiger partial charge in [-0.1, -0.05) is 18.2 Å². The van der Waals surface area contributed by atoms with Gasteiger partial charge in [-0.05, 0) is 49.9 Å². The zero-order valence-corrected chi connectivity index (χ0v) is 9.91. The lowest BCUT2D eigenvalue weighted by Gasteiger charge is -2.23. The molecule has 4 N–H and O–H groups in total. The maximum atomic E-state index is 10.9. The van der Waals surface area contributed by atoms with Gasteiger partial charge in [0.2, 0.25) is 0 Å². The Kier molecular flexibility index (Phi) is 3.98. The third-order valence-corrected chi connectivity index (χ3v) is 3.18. The molecule has 0 aromatic heterocycles. The van der Waals surface area contributed by atoms with Crippen molar-refractivity contribution in [3.63, 3.8) is 0 Å².